The molecule has 16 heavy (non-hydrogen) atoms. The molecule has 0 unspecified atom stereocenters. The molecular formula is C10H16FN3O2. The van der Waals surface area contributed by atoms with Crippen LogP contribution in [0.3, 0.4) is 0 Å². The van der Waals surface area contributed by atoms with Gasteiger partial charge >= 0.3 is 0 Å². The normalized spacial score (nSPS) is 11.1. The number of allylic oxidation sites excluding steroid dienone is 2. The predicted octanol–water partition coefficient (Wildman–Crippen LogP) is 1.30. The van der Waals surface area contributed by atoms with Crippen molar-refractivity contribution in [3.8, 4) is 0 Å². The Balaban J connectivity index is 4.48. The lowest BCUT2D eigenvalue weighted by Crippen LogP contribution is -2.26. The number of likely N-dealkylation sites (N-methyl/N-ethyl adjacent to an activating group) is 2. The van der Waals surface area contributed by atoms with Crippen LogP contribution in [0, 0.1) is 10.1 Å². The van der Waals surface area contributed by atoms with Gasteiger partial charge in [0.05, 0.1) is 16.7 Å². The fourth-order valence-corrected chi connectivity index (χ4v) is 0.879. The number of nitrogens with zero attached hydrogens (tertiary/aromatic N) is 2. The summed E-state index contributed by atoms with van der Waals surface area (Å²) in [5.74, 6) is -0.750. The van der Waals surface area contributed by atoms with E-state index in [0.717, 1.165) is 6.08 Å². The number of hydrogen-bond donors (Lipinski definition) is 1. The van der Waals surface area contributed by atoms with Gasteiger partial charge in [-0.2, -0.15) is 0 Å². The van der Waals surface area contributed by atoms with Gasteiger partial charge in [0, 0.05) is 20.1 Å². The van der Waals surface area contributed by atoms with Gasteiger partial charge in [0.2, 0.25) is 0 Å². The number of halogens is 1. The molecule has 0 aromatic carbocycles. The van der Waals surface area contributed by atoms with Crippen molar-refractivity contribution in [3.63, 3.8) is 0 Å². The van der Waals surface area contributed by atoms with E-state index >= 15 is 0 Å². The Kier molecular flexibility index (Phi) is 6.02. The second-order valence-corrected chi connectivity index (χ2v) is 3.21. The van der Waals surface area contributed by atoms with Gasteiger partial charge in [-0.1, -0.05) is 6.58 Å². The summed E-state index contributed by atoms with van der Waals surface area (Å²) in [6.07, 6.45) is 0.762. The minimum absolute atomic E-state index is 0.0956. The Morgan fingerprint density at radius 3 is 2.62 bits per heavy atom. The molecule has 90 valence electrons. The number of hydrogen-bond acceptors (Lipinski definition) is 4. The molecule has 0 aromatic heterocycles. The summed E-state index contributed by atoms with van der Waals surface area (Å²) in [6, 6.07) is 0. The smallest absolute Gasteiger partial charge is 0.265 e. The summed E-state index contributed by atoms with van der Waals surface area (Å²) in [7, 11) is 3.43. The van der Waals surface area contributed by atoms with Crippen LogP contribution in [0.15, 0.2) is 36.5 Å². The molecule has 0 fully saturated rings. The minimum atomic E-state index is -0.750. The molecule has 0 radical (unpaired) electrons. The first kappa shape index (κ1) is 14.3. The molecule has 0 saturated heterocycles. The Bertz CT molecular complexity index is 326. The third kappa shape index (κ3) is 4.70. The van der Waals surface area contributed by atoms with Crippen molar-refractivity contribution in [1.29, 1.82) is 0 Å². The molecule has 5 nitrogen and oxygen atoms in total. The van der Waals surface area contributed by atoms with Crippen LogP contribution >= 0.6 is 0 Å². The van der Waals surface area contributed by atoms with Gasteiger partial charge in [0.25, 0.3) is 5.70 Å². The van der Waals surface area contributed by atoms with E-state index in [1.807, 2.05) is 0 Å². The third-order valence-corrected chi connectivity index (χ3v) is 1.96. The van der Waals surface area contributed by atoms with Gasteiger partial charge in [-0.3, -0.25) is 10.1 Å². The monoisotopic (exact) mass is 229 g/mol. The lowest BCUT2D eigenvalue weighted by molar-refractivity contribution is -0.418. The topological polar surface area (TPSA) is 58.4 Å². The first-order valence-electron chi connectivity index (χ1n) is 4.65. The highest BCUT2D eigenvalue weighted by atomic mass is 19.1. The highest BCUT2D eigenvalue weighted by Gasteiger charge is 2.11. The minimum Gasteiger partial charge on any atom is -0.371 e. The van der Waals surface area contributed by atoms with E-state index in [9.17, 15) is 14.5 Å². The van der Waals surface area contributed by atoms with E-state index in [2.05, 4.69) is 18.5 Å². The number of nitro groups is 1. The number of rotatable bonds is 7. The predicted molar refractivity (Wildman–Crippen MR) is 61.0 cm³/mol. The number of nitrogens with one attached hydrogen (secondary N) is 1. The molecule has 6 heteroatoms. The van der Waals surface area contributed by atoms with Crippen LogP contribution in [0.25, 0.3) is 0 Å². The third-order valence-electron chi connectivity index (χ3n) is 1.96. The zero-order valence-electron chi connectivity index (χ0n) is 9.49. The van der Waals surface area contributed by atoms with Crippen LogP contribution in [-0.2, 0) is 0 Å². The average Bonchev–Trinajstić information content (AvgIpc) is 2.24. The van der Waals surface area contributed by atoms with Gasteiger partial charge < -0.3 is 10.2 Å². The molecule has 0 heterocycles. The molecule has 0 saturated carbocycles. The van der Waals surface area contributed by atoms with E-state index in [0.29, 0.717) is 13.1 Å². The van der Waals surface area contributed by atoms with Crippen LogP contribution < -0.4 is 5.32 Å². The summed E-state index contributed by atoms with van der Waals surface area (Å²) in [5.41, 5.74) is -0.404. The Hall–Kier alpha value is -1.69. The van der Waals surface area contributed by atoms with Crippen molar-refractivity contribution >= 4 is 0 Å². The molecule has 0 atom stereocenters. The zero-order valence-corrected chi connectivity index (χ0v) is 9.49. The summed E-state index contributed by atoms with van der Waals surface area (Å²) in [6.45, 7) is 7.84. The van der Waals surface area contributed by atoms with Crippen molar-refractivity contribution in [2.24, 2.45) is 0 Å². The van der Waals surface area contributed by atoms with E-state index in [-0.39, 0.29) is 5.70 Å². The Morgan fingerprint density at radius 1 is 1.62 bits per heavy atom. The second kappa shape index (κ2) is 6.73. The van der Waals surface area contributed by atoms with Crippen LogP contribution in [-0.4, -0.2) is 37.0 Å². The Labute approximate surface area is 94.1 Å². The maximum absolute atomic E-state index is 13.4. The van der Waals surface area contributed by atoms with Crippen LogP contribution in [0.5, 0.6) is 0 Å². The average molecular weight is 229 g/mol. The van der Waals surface area contributed by atoms with Crippen molar-refractivity contribution in [2.75, 3.05) is 27.2 Å². The molecule has 0 amide bonds. The summed E-state index contributed by atoms with van der Waals surface area (Å²) in [5, 5.41) is 13.1. The van der Waals surface area contributed by atoms with Crippen molar-refractivity contribution in [3.05, 3.63) is 46.6 Å². The quantitative estimate of drug-likeness (QED) is 0.406. The molecule has 0 spiro atoms. The summed E-state index contributed by atoms with van der Waals surface area (Å²) in [4.78, 5) is 11.1. The summed E-state index contributed by atoms with van der Waals surface area (Å²) < 4.78 is 13.4. The van der Waals surface area contributed by atoms with Gasteiger partial charge in [-0.05, 0) is 13.6 Å². The molecular weight excluding hydrogens is 213 g/mol. The van der Waals surface area contributed by atoms with Gasteiger partial charge in [0.1, 0.15) is 0 Å². The zero-order chi connectivity index (χ0) is 12.7. The molecule has 0 aromatic rings. The standard InChI is InChI=1S/C10H16FN3O2/c1-8(14(15)16)7-10(11)9(2)13(4)6-5-12-3/h7,12H,1-2,5-6H2,3-4H3/b10-7+. The van der Waals surface area contributed by atoms with Crippen LogP contribution in [0.2, 0.25) is 0 Å². The molecule has 1 N–H and O–H groups in total. The van der Waals surface area contributed by atoms with E-state index in [1.54, 1.807) is 19.0 Å². The van der Waals surface area contributed by atoms with Crippen molar-refractivity contribution in [2.45, 2.75) is 0 Å². The lowest BCUT2D eigenvalue weighted by atomic mass is 10.3. The highest BCUT2D eigenvalue weighted by molar-refractivity contribution is 5.26. The molecule has 0 aliphatic carbocycles. The van der Waals surface area contributed by atoms with E-state index in [1.165, 1.54) is 0 Å². The first-order chi connectivity index (χ1) is 7.40. The first-order valence-corrected chi connectivity index (χ1v) is 4.65. The molecule has 0 aliphatic heterocycles. The Morgan fingerprint density at radius 2 is 2.19 bits per heavy atom. The lowest BCUT2D eigenvalue weighted by Gasteiger charge is -2.19. The summed E-state index contributed by atoms with van der Waals surface area (Å²) >= 11 is 0. The fraction of sp³-hybridized carbons (Fsp3) is 0.400. The molecule has 0 aliphatic rings. The largest absolute Gasteiger partial charge is 0.371 e. The SMILES string of the molecule is C=C(/C(F)=C\C(=C)[N+](=O)[O-])N(C)CCNC. The van der Waals surface area contributed by atoms with Crippen LogP contribution in [0.1, 0.15) is 0 Å². The maximum Gasteiger partial charge on any atom is 0.265 e. The van der Waals surface area contributed by atoms with Gasteiger partial charge in [0.15, 0.2) is 5.83 Å². The van der Waals surface area contributed by atoms with Gasteiger partial charge in [-0.15, -0.1) is 0 Å². The van der Waals surface area contributed by atoms with Gasteiger partial charge in [-0.25, -0.2) is 4.39 Å². The fourth-order valence-electron chi connectivity index (χ4n) is 0.879. The maximum atomic E-state index is 13.4. The van der Waals surface area contributed by atoms with Crippen LogP contribution in [0.4, 0.5) is 4.39 Å². The molecule has 0 rings (SSSR count). The van der Waals surface area contributed by atoms with Crippen molar-refractivity contribution < 1.29 is 9.31 Å². The highest BCUT2D eigenvalue weighted by Crippen LogP contribution is 2.14. The van der Waals surface area contributed by atoms with Crippen molar-refractivity contribution in [1.82, 2.24) is 10.2 Å². The molecule has 0 bridgehead atoms. The van der Waals surface area contributed by atoms with E-state index < -0.39 is 16.4 Å². The second-order valence-electron chi connectivity index (χ2n) is 3.21. The van der Waals surface area contributed by atoms with E-state index in [4.69, 9.17) is 0 Å².